The van der Waals surface area contributed by atoms with Crippen LogP contribution in [0.15, 0.2) is 12.1 Å². The van der Waals surface area contributed by atoms with Gasteiger partial charge in [0.05, 0.1) is 13.0 Å². The largest absolute Gasteiger partial charge is 0.466 e. The molecule has 21 heavy (non-hydrogen) atoms. The molecule has 3 nitrogen and oxygen atoms in total. The van der Waals surface area contributed by atoms with E-state index in [9.17, 15) is 4.79 Å². The van der Waals surface area contributed by atoms with Crippen LogP contribution in [-0.4, -0.2) is 12.6 Å². The zero-order chi connectivity index (χ0) is 16.3. The number of carbonyl (C=O) groups excluding carboxylic acids is 1. The Labute approximate surface area is 132 Å². The lowest BCUT2D eigenvalue weighted by molar-refractivity contribution is -0.145. The van der Waals surface area contributed by atoms with Crippen LogP contribution in [0.25, 0.3) is 0 Å². The minimum absolute atomic E-state index is 0.0319. The molecule has 0 aliphatic carbocycles. The van der Waals surface area contributed by atoms with Crippen molar-refractivity contribution in [2.75, 3.05) is 6.61 Å². The van der Waals surface area contributed by atoms with E-state index >= 15 is 0 Å². The van der Waals surface area contributed by atoms with Crippen molar-refractivity contribution in [3.63, 3.8) is 0 Å². The highest BCUT2D eigenvalue weighted by molar-refractivity contribution is 7.12. The van der Waals surface area contributed by atoms with Crippen LogP contribution in [0.1, 0.15) is 70.2 Å². The fourth-order valence-corrected chi connectivity index (χ4v) is 3.39. The molecule has 0 amide bonds. The van der Waals surface area contributed by atoms with Crippen LogP contribution >= 0.6 is 11.3 Å². The first kappa shape index (κ1) is 18.2. The van der Waals surface area contributed by atoms with E-state index in [1.807, 2.05) is 6.92 Å². The van der Waals surface area contributed by atoms with Gasteiger partial charge < -0.3 is 10.5 Å². The molecule has 1 atom stereocenters. The molecule has 0 fully saturated rings. The van der Waals surface area contributed by atoms with Crippen LogP contribution in [0.2, 0.25) is 0 Å². The summed E-state index contributed by atoms with van der Waals surface area (Å²) in [4.78, 5) is 14.2. The van der Waals surface area contributed by atoms with E-state index in [4.69, 9.17) is 10.5 Å². The standard InChI is InChI=1S/C17H29NO2S/c1-7-20-15(19)11-17(5,6)10-12(18)13-8-9-14(21-13)16(2,3)4/h8-9,12H,7,10-11,18H2,1-6H3. The molecule has 0 radical (unpaired) electrons. The third kappa shape index (κ3) is 5.79. The maximum absolute atomic E-state index is 11.7. The Morgan fingerprint density at radius 1 is 1.29 bits per heavy atom. The van der Waals surface area contributed by atoms with Crippen molar-refractivity contribution in [1.82, 2.24) is 0 Å². The highest BCUT2D eigenvalue weighted by atomic mass is 32.1. The second-order valence-corrected chi connectivity index (χ2v) is 8.52. The molecule has 1 rings (SSSR count). The van der Waals surface area contributed by atoms with Crippen LogP contribution in [0.5, 0.6) is 0 Å². The third-order valence-corrected chi connectivity index (χ3v) is 5.08. The van der Waals surface area contributed by atoms with Crippen LogP contribution in [0.4, 0.5) is 0 Å². The van der Waals surface area contributed by atoms with E-state index in [1.54, 1.807) is 11.3 Å². The number of hydrogen-bond acceptors (Lipinski definition) is 4. The van der Waals surface area contributed by atoms with Gasteiger partial charge in [0, 0.05) is 15.8 Å². The summed E-state index contributed by atoms with van der Waals surface area (Å²) in [5.74, 6) is -0.142. The van der Waals surface area contributed by atoms with E-state index in [0.29, 0.717) is 13.0 Å². The Morgan fingerprint density at radius 2 is 1.90 bits per heavy atom. The predicted molar refractivity (Wildman–Crippen MR) is 89.6 cm³/mol. The smallest absolute Gasteiger partial charge is 0.306 e. The molecule has 1 aromatic rings. The summed E-state index contributed by atoms with van der Waals surface area (Å²) in [5.41, 5.74) is 6.35. The van der Waals surface area contributed by atoms with Crippen LogP contribution in [0.3, 0.4) is 0 Å². The average molecular weight is 311 g/mol. The second-order valence-electron chi connectivity index (χ2n) is 7.41. The van der Waals surface area contributed by atoms with Gasteiger partial charge in [0.15, 0.2) is 0 Å². The first-order valence-corrected chi connectivity index (χ1v) is 8.38. The zero-order valence-corrected chi connectivity index (χ0v) is 15.0. The quantitative estimate of drug-likeness (QED) is 0.791. The second kappa shape index (κ2) is 6.93. The molecule has 0 bridgehead atoms. The van der Waals surface area contributed by atoms with Gasteiger partial charge in [0.1, 0.15) is 0 Å². The van der Waals surface area contributed by atoms with E-state index in [0.717, 1.165) is 6.42 Å². The fourth-order valence-electron chi connectivity index (χ4n) is 2.33. The van der Waals surface area contributed by atoms with Crippen molar-refractivity contribution >= 4 is 17.3 Å². The van der Waals surface area contributed by atoms with Crippen LogP contribution < -0.4 is 5.73 Å². The summed E-state index contributed by atoms with van der Waals surface area (Å²) in [6.45, 7) is 13.0. The molecular weight excluding hydrogens is 282 g/mol. The van der Waals surface area contributed by atoms with E-state index in [1.165, 1.54) is 9.75 Å². The monoisotopic (exact) mass is 311 g/mol. The van der Waals surface area contributed by atoms with E-state index in [2.05, 4.69) is 46.8 Å². The SMILES string of the molecule is CCOC(=O)CC(C)(C)CC(N)c1ccc(C(C)(C)C)s1. The molecule has 0 aliphatic rings. The van der Waals surface area contributed by atoms with Crippen molar-refractivity contribution in [2.45, 2.75) is 65.8 Å². The normalized spacial score (nSPS) is 14.0. The summed E-state index contributed by atoms with van der Waals surface area (Å²) in [5, 5.41) is 0. The molecule has 0 saturated carbocycles. The Hall–Kier alpha value is -0.870. The highest BCUT2D eigenvalue weighted by Crippen LogP contribution is 2.37. The highest BCUT2D eigenvalue weighted by Gasteiger charge is 2.27. The van der Waals surface area contributed by atoms with Crippen molar-refractivity contribution in [3.05, 3.63) is 21.9 Å². The van der Waals surface area contributed by atoms with Gasteiger partial charge in [-0.2, -0.15) is 0 Å². The summed E-state index contributed by atoms with van der Waals surface area (Å²) in [6, 6.07) is 4.25. The predicted octanol–water partition coefficient (Wildman–Crippen LogP) is 4.41. The Balaban J connectivity index is 2.69. The minimum Gasteiger partial charge on any atom is -0.466 e. The number of hydrogen-bond donors (Lipinski definition) is 1. The molecular formula is C17H29NO2S. The molecule has 0 aliphatic heterocycles. The van der Waals surface area contributed by atoms with E-state index in [-0.39, 0.29) is 22.8 Å². The molecule has 1 heterocycles. The number of rotatable bonds is 6. The summed E-state index contributed by atoms with van der Waals surface area (Å²) in [7, 11) is 0. The van der Waals surface area contributed by atoms with Gasteiger partial charge in [0.25, 0.3) is 0 Å². The fraction of sp³-hybridized carbons (Fsp3) is 0.706. The topological polar surface area (TPSA) is 52.3 Å². The van der Waals surface area contributed by atoms with Crippen LogP contribution in [-0.2, 0) is 14.9 Å². The average Bonchev–Trinajstić information content (AvgIpc) is 2.75. The van der Waals surface area contributed by atoms with Gasteiger partial charge >= 0.3 is 5.97 Å². The molecule has 4 heteroatoms. The molecule has 0 aromatic carbocycles. The lowest BCUT2D eigenvalue weighted by atomic mass is 9.82. The van der Waals surface area contributed by atoms with Gasteiger partial charge in [0.2, 0.25) is 0 Å². The lowest BCUT2D eigenvalue weighted by Gasteiger charge is -2.26. The molecule has 0 saturated heterocycles. The van der Waals surface area contributed by atoms with Crippen molar-refractivity contribution in [1.29, 1.82) is 0 Å². The number of esters is 1. The van der Waals surface area contributed by atoms with E-state index < -0.39 is 0 Å². The Kier molecular flexibility index (Phi) is 6.00. The van der Waals surface area contributed by atoms with Gasteiger partial charge in [-0.15, -0.1) is 11.3 Å². The maximum atomic E-state index is 11.7. The summed E-state index contributed by atoms with van der Waals surface area (Å²) < 4.78 is 5.04. The third-order valence-electron chi connectivity index (χ3n) is 3.43. The number of thiophene rings is 1. The Bertz CT molecular complexity index is 471. The maximum Gasteiger partial charge on any atom is 0.306 e. The molecule has 0 spiro atoms. The summed E-state index contributed by atoms with van der Waals surface area (Å²) >= 11 is 1.78. The first-order chi connectivity index (χ1) is 9.55. The molecule has 2 N–H and O–H groups in total. The number of carbonyl (C=O) groups is 1. The van der Waals surface area contributed by atoms with Gasteiger partial charge in [-0.3, -0.25) is 4.79 Å². The number of ether oxygens (including phenoxy) is 1. The molecule has 1 aromatic heterocycles. The first-order valence-electron chi connectivity index (χ1n) is 7.56. The van der Waals surface area contributed by atoms with Crippen molar-refractivity contribution in [3.8, 4) is 0 Å². The van der Waals surface area contributed by atoms with Gasteiger partial charge in [-0.1, -0.05) is 34.6 Å². The Morgan fingerprint density at radius 3 is 2.38 bits per heavy atom. The van der Waals surface area contributed by atoms with Crippen molar-refractivity contribution < 1.29 is 9.53 Å². The zero-order valence-electron chi connectivity index (χ0n) is 14.2. The minimum atomic E-state index is -0.155. The number of nitrogens with two attached hydrogens (primary N) is 1. The lowest BCUT2D eigenvalue weighted by Crippen LogP contribution is -2.24. The molecule has 1 unspecified atom stereocenters. The summed E-state index contributed by atoms with van der Waals surface area (Å²) in [6.07, 6.45) is 1.18. The van der Waals surface area contributed by atoms with Gasteiger partial charge in [-0.05, 0) is 36.3 Å². The van der Waals surface area contributed by atoms with Crippen molar-refractivity contribution in [2.24, 2.45) is 11.1 Å². The molecule has 120 valence electrons. The van der Waals surface area contributed by atoms with Gasteiger partial charge in [-0.25, -0.2) is 0 Å². The van der Waals surface area contributed by atoms with Crippen LogP contribution in [0, 0.1) is 5.41 Å².